The first kappa shape index (κ1) is 48.9. The fraction of sp³-hybridized carbons (Fsp3) is 0.212. The van der Waals surface area contributed by atoms with Crippen molar-refractivity contribution < 1.29 is 40.9 Å². The van der Waals surface area contributed by atoms with Gasteiger partial charge in [0.1, 0.15) is 46.0 Å². The summed E-state index contributed by atoms with van der Waals surface area (Å²) in [6.07, 6.45) is 1.74. The Balaban J connectivity index is 1.07. The summed E-state index contributed by atoms with van der Waals surface area (Å²) in [5, 5.41) is 94.4. The van der Waals surface area contributed by atoms with Gasteiger partial charge in [0.2, 0.25) is 0 Å². The first-order valence-corrected chi connectivity index (χ1v) is 24.9. The lowest BCUT2D eigenvalue weighted by Gasteiger charge is -2.19. The Morgan fingerprint density at radius 2 is 0.338 bits per heavy atom. The minimum Gasteiger partial charge on any atom is -0.507 e. The summed E-state index contributed by atoms with van der Waals surface area (Å²) in [5.41, 5.74) is 16.4. The van der Waals surface area contributed by atoms with Crippen molar-refractivity contribution in [3.8, 4) is 69.7 Å². The third-order valence-electron chi connectivity index (χ3n) is 14.5. The SMILES string of the molecule is Cc1cc2c(O)c(c1)Cc1cc(C)cc(c1O)Cc1cc(C#CC#Cc3cc4c(O)c(c3)Cc3cc(C)cc(c3O)Cc3cc(C)cc(c3O)Cc3cc(C)cc(c3O)C4)cc(c1O)Cc1cc(C)cc(c1O)C2. The van der Waals surface area contributed by atoms with Gasteiger partial charge in [0.05, 0.1) is 0 Å². The lowest BCUT2D eigenvalue weighted by molar-refractivity contribution is 0.448. The maximum Gasteiger partial charge on any atom is 0.122 e. The lowest BCUT2D eigenvalue weighted by Crippen LogP contribution is -2.03. The van der Waals surface area contributed by atoms with Gasteiger partial charge in [0.25, 0.3) is 0 Å². The molecule has 16 bridgehead atoms. The third-order valence-corrected chi connectivity index (χ3v) is 14.5. The van der Waals surface area contributed by atoms with Crippen LogP contribution in [0, 0.1) is 65.2 Å². The normalized spacial score (nSPS) is 12.8. The molecule has 370 valence electrons. The van der Waals surface area contributed by atoms with Gasteiger partial charge in [0, 0.05) is 62.5 Å². The minimum atomic E-state index is 0.0269. The number of hydrogen-bond donors (Lipinski definition) is 8. The van der Waals surface area contributed by atoms with Crippen LogP contribution < -0.4 is 0 Å². The van der Waals surface area contributed by atoms with Crippen LogP contribution in [0.25, 0.3) is 0 Å². The van der Waals surface area contributed by atoms with E-state index >= 15 is 0 Å². The zero-order valence-electron chi connectivity index (χ0n) is 42.5. The largest absolute Gasteiger partial charge is 0.507 e. The zero-order chi connectivity index (χ0) is 52.3. The van der Waals surface area contributed by atoms with Crippen LogP contribution in [0.1, 0.15) is 134 Å². The molecule has 0 aromatic heterocycles. The quantitative estimate of drug-likeness (QED) is 0.0697. The fourth-order valence-electron chi connectivity index (χ4n) is 11.3. The number of hydrogen-bond acceptors (Lipinski definition) is 8. The highest BCUT2D eigenvalue weighted by Gasteiger charge is 2.23. The van der Waals surface area contributed by atoms with Crippen molar-refractivity contribution in [1.82, 2.24) is 0 Å². The summed E-state index contributed by atoms with van der Waals surface area (Å²) in [6.45, 7) is 11.7. The number of aromatic hydroxyl groups is 8. The standard InChI is InChI=1S/C66H58O8/c1-35-11-43-27-47-15-37(3)19-51(61(47)69)31-55-23-41(24-56(65(55)73)32-52-20-38(4)16-48(62(52)70)28-44(12-35)59(43)67)9-7-8-10-42-25-57-33-53-21-39(5)17-49(63(53)71)29-45-13-36(2)14-46(60(45)68)30-50-18-40(6)22-54(64(50)72)34-58(26-42)66(57)74/h11-26,67-74H,27-34H2,1-6H3. The Hall–Kier alpha value is -8.72. The highest BCUT2D eigenvalue weighted by Crippen LogP contribution is 2.42. The van der Waals surface area contributed by atoms with Gasteiger partial charge in [-0.3, -0.25) is 0 Å². The van der Waals surface area contributed by atoms with Crippen LogP contribution in [0.5, 0.6) is 46.0 Å². The smallest absolute Gasteiger partial charge is 0.122 e. The van der Waals surface area contributed by atoms with Crippen molar-refractivity contribution in [3.63, 3.8) is 0 Å². The van der Waals surface area contributed by atoms with Crippen molar-refractivity contribution in [1.29, 1.82) is 0 Å². The summed E-state index contributed by atoms with van der Waals surface area (Å²) in [5.74, 6) is 13.1. The first-order chi connectivity index (χ1) is 35.3. The molecule has 8 aromatic carbocycles. The Bertz CT molecular complexity index is 3340. The molecule has 0 amide bonds. The Morgan fingerprint density at radius 1 is 0.216 bits per heavy atom. The molecule has 74 heavy (non-hydrogen) atoms. The molecule has 2 aliphatic carbocycles. The molecule has 8 aromatic rings. The molecule has 0 radical (unpaired) electrons. The minimum absolute atomic E-state index is 0.0269. The summed E-state index contributed by atoms with van der Waals surface area (Å²) >= 11 is 0. The van der Waals surface area contributed by atoms with Crippen LogP contribution >= 0.6 is 0 Å². The van der Waals surface area contributed by atoms with Crippen LogP contribution in [-0.2, 0) is 51.4 Å². The van der Waals surface area contributed by atoms with Gasteiger partial charge in [-0.1, -0.05) is 118 Å². The highest BCUT2D eigenvalue weighted by molar-refractivity contribution is 5.62. The number of fused-ring (bicyclic) bond motifs is 16. The Labute approximate surface area is 432 Å². The van der Waals surface area contributed by atoms with E-state index in [4.69, 9.17) is 0 Å². The average Bonchev–Trinajstić information content (AvgIpc) is 3.33. The van der Waals surface area contributed by atoms with E-state index in [1.54, 1.807) is 24.3 Å². The second-order valence-corrected chi connectivity index (χ2v) is 20.8. The summed E-state index contributed by atoms with van der Waals surface area (Å²) in [6, 6.07) is 30.0. The van der Waals surface area contributed by atoms with Gasteiger partial charge >= 0.3 is 0 Å². The monoisotopic (exact) mass is 978 g/mol. The number of phenols is 8. The first-order valence-electron chi connectivity index (χ1n) is 24.9. The summed E-state index contributed by atoms with van der Waals surface area (Å²) in [7, 11) is 0. The maximum atomic E-state index is 12.0. The third kappa shape index (κ3) is 9.80. The molecule has 0 aliphatic heterocycles. The van der Waals surface area contributed by atoms with E-state index in [1.807, 2.05) is 114 Å². The topological polar surface area (TPSA) is 162 Å². The molecule has 2 aliphatic rings. The molecule has 0 saturated heterocycles. The molecule has 0 atom stereocenters. The molecule has 10 rings (SSSR count). The van der Waals surface area contributed by atoms with E-state index in [1.165, 1.54) is 0 Å². The van der Waals surface area contributed by atoms with E-state index < -0.39 is 0 Å². The van der Waals surface area contributed by atoms with E-state index in [2.05, 4.69) is 23.7 Å². The molecule has 0 saturated carbocycles. The van der Waals surface area contributed by atoms with Crippen molar-refractivity contribution in [2.45, 2.75) is 92.9 Å². The molecule has 8 N–H and O–H groups in total. The Morgan fingerprint density at radius 3 is 0.473 bits per heavy atom. The van der Waals surface area contributed by atoms with Crippen LogP contribution in [0.4, 0.5) is 0 Å². The molecular weight excluding hydrogens is 921 g/mol. The van der Waals surface area contributed by atoms with Crippen molar-refractivity contribution in [2.75, 3.05) is 0 Å². The van der Waals surface area contributed by atoms with E-state index in [-0.39, 0.29) is 97.4 Å². The zero-order valence-corrected chi connectivity index (χ0v) is 42.5. The summed E-state index contributed by atoms with van der Waals surface area (Å²) < 4.78 is 0. The average molecular weight is 979 g/mol. The molecular formula is C66H58O8. The predicted octanol–water partition coefficient (Wildman–Crippen LogP) is 11.9. The molecule has 0 fully saturated rings. The van der Waals surface area contributed by atoms with Crippen LogP contribution in [0.15, 0.2) is 97.1 Å². The van der Waals surface area contributed by atoms with Crippen molar-refractivity contribution in [2.24, 2.45) is 0 Å². The van der Waals surface area contributed by atoms with Crippen LogP contribution in [-0.4, -0.2) is 40.9 Å². The van der Waals surface area contributed by atoms with Crippen LogP contribution in [0.2, 0.25) is 0 Å². The van der Waals surface area contributed by atoms with Gasteiger partial charge in [-0.25, -0.2) is 0 Å². The van der Waals surface area contributed by atoms with Crippen LogP contribution in [0.3, 0.4) is 0 Å². The summed E-state index contributed by atoms with van der Waals surface area (Å²) in [4.78, 5) is 0. The van der Waals surface area contributed by atoms with Gasteiger partial charge in [0.15, 0.2) is 0 Å². The second kappa shape index (κ2) is 19.4. The molecule has 8 nitrogen and oxygen atoms in total. The van der Waals surface area contributed by atoms with Crippen molar-refractivity contribution >= 4 is 0 Å². The highest BCUT2D eigenvalue weighted by atomic mass is 16.3. The number of benzene rings is 8. The number of phenolic OH excluding ortho intramolecular Hbond substituents is 8. The van der Waals surface area contributed by atoms with Gasteiger partial charge in [-0.15, -0.1) is 0 Å². The fourth-order valence-corrected chi connectivity index (χ4v) is 11.3. The van der Waals surface area contributed by atoms with Gasteiger partial charge < -0.3 is 40.9 Å². The van der Waals surface area contributed by atoms with Gasteiger partial charge in [-0.2, -0.15) is 0 Å². The maximum absolute atomic E-state index is 12.0. The second-order valence-electron chi connectivity index (χ2n) is 20.8. The Kier molecular flexibility index (Phi) is 12.8. The van der Waals surface area contributed by atoms with E-state index in [9.17, 15) is 40.9 Å². The molecule has 0 spiro atoms. The lowest BCUT2D eigenvalue weighted by atomic mass is 9.89. The number of rotatable bonds is 0. The predicted molar refractivity (Wildman–Crippen MR) is 289 cm³/mol. The van der Waals surface area contributed by atoms with E-state index in [0.717, 1.165) is 33.4 Å². The number of aryl methyl sites for hydroxylation is 6. The molecule has 0 heterocycles. The van der Waals surface area contributed by atoms with Gasteiger partial charge in [-0.05, 0) is 167 Å². The van der Waals surface area contributed by atoms with Crippen molar-refractivity contribution in [3.05, 3.63) is 231 Å². The molecule has 0 unspecified atom stereocenters. The van der Waals surface area contributed by atoms with E-state index in [0.29, 0.717) is 100 Å². The molecule has 8 heteroatoms.